The van der Waals surface area contributed by atoms with Gasteiger partial charge in [0.25, 0.3) is 0 Å². The molecule has 0 radical (unpaired) electrons. The lowest BCUT2D eigenvalue weighted by atomic mass is 9.94. The quantitative estimate of drug-likeness (QED) is 0.834. The van der Waals surface area contributed by atoms with Gasteiger partial charge in [-0.1, -0.05) is 18.2 Å². The monoisotopic (exact) mass is 234 g/mol. The Morgan fingerprint density at radius 3 is 2.88 bits per heavy atom. The molecule has 1 heterocycles. The molecule has 3 heteroatoms. The van der Waals surface area contributed by atoms with Crippen LogP contribution in [0.5, 0.6) is 0 Å². The van der Waals surface area contributed by atoms with Crippen molar-refractivity contribution in [3.05, 3.63) is 29.8 Å². The predicted octanol–water partition coefficient (Wildman–Crippen LogP) is 1.54. The minimum Gasteiger partial charge on any atom is -0.394 e. The molecule has 17 heavy (non-hydrogen) atoms. The van der Waals surface area contributed by atoms with Gasteiger partial charge in [0, 0.05) is 18.3 Å². The van der Waals surface area contributed by atoms with Gasteiger partial charge in [-0.2, -0.15) is 0 Å². The van der Waals surface area contributed by atoms with Crippen LogP contribution >= 0.6 is 0 Å². The Balaban J connectivity index is 2.27. The van der Waals surface area contributed by atoms with Crippen LogP contribution in [0, 0.1) is 0 Å². The van der Waals surface area contributed by atoms with Crippen LogP contribution in [0.25, 0.3) is 0 Å². The second kappa shape index (κ2) is 4.67. The molecule has 94 valence electrons. The van der Waals surface area contributed by atoms with Crippen molar-refractivity contribution in [2.24, 2.45) is 5.73 Å². The summed E-state index contributed by atoms with van der Waals surface area (Å²) in [5.74, 6) is 0. The van der Waals surface area contributed by atoms with Gasteiger partial charge in [0.05, 0.1) is 12.1 Å². The van der Waals surface area contributed by atoms with Gasteiger partial charge in [-0.05, 0) is 38.3 Å². The summed E-state index contributed by atoms with van der Waals surface area (Å²) in [7, 11) is 0. The van der Waals surface area contributed by atoms with Crippen LogP contribution in [0.15, 0.2) is 24.3 Å². The van der Waals surface area contributed by atoms with E-state index < -0.39 is 5.54 Å². The van der Waals surface area contributed by atoms with Crippen LogP contribution < -0.4 is 10.6 Å². The lowest BCUT2D eigenvalue weighted by Crippen LogP contribution is -2.54. The summed E-state index contributed by atoms with van der Waals surface area (Å²) in [6, 6.07) is 8.97. The number of fused-ring (bicyclic) bond motifs is 1. The number of hydrogen-bond acceptors (Lipinski definition) is 3. The van der Waals surface area contributed by atoms with Crippen molar-refractivity contribution in [3.8, 4) is 0 Å². The molecule has 0 saturated heterocycles. The van der Waals surface area contributed by atoms with E-state index >= 15 is 0 Å². The molecule has 0 aromatic heterocycles. The van der Waals surface area contributed by atoms with E-state index in [1.807, 2.05) is 6.92 Å². The first kappa shape index (κ1) is 12.4. The number of benzene rings is 1. The fraction of sp³-hybridized carbons (Fsp3) is 0.571. The average molecular weight is 234 g/mol. The molecule has 0 fully saturated rings. The molecule has 1 aromatic carbocycles. The first-order valence-electron chi connectivity index (χ1n) is 6.28. The second-order valence-electron chi connectivity index (χ2n) is 5.46. The topological polar surface area (TPSA) is 49.5 Å². The number of aliphatic hydroxyl groups is 1. The second-order valence-corrected chi connectivity index (χ2v) is 5.46. The van der Waals surface area contributed by atoms with Crippen LogP contribution in [0.2, 0.25) is 0 Å². The molecule has 0 saturated carbocycles. The normalized spacial score (nSPS) is 23.1. The summed E-state index contributed by atoms with van der Waals surface area (Å²) in [6.45, 7) is 4.83. The van der Waals surface area contributed by atoms with Crippen molar-refractivity contribution in [1.82, 2.24) is 0 Å². The Morgan fingerprint density at radius 1 is 1.47 bits per heavy atom. The number of hydrogen-bond donors (Lipinski definition) is 2. The smallest absolute Gasteiger partial charge is 0.0625 e. The highest BCUT2D eigenvalue weighted by molar-refractivity contribution is 5.56. The summed E-state index contributed by atoms with van der Waals surface area (Å²) < 4.78 is 0. The summed E-state index contributed by atoms with van der Waals surface area (Å²) in [6.07, 6.45) is 2.28. The van der Waals surface area contributed by atoms with E-state index in [0.717, 1.165) is 12.8 Å². The molecule has 0 aliphatic carbocycles. The molecular weight excluding hydrogens is 212 g/mol. The molecule has 2 atom stereocenters. The van der Waals surface area contributed by atoms with Crippen LogP contribution in [0.1, 0.15) is 25.8 Å². The summed E-state index contributed by atoms with van der Waals surface area (Å²) >= 11 is 0. The zero-order valence-electron chi connectivity index (χ0n) is 10.7. The maximum absolute atomic E-state index is 9.31. The average Bonchev–Trinajstić information content (AvgIpc) is 2.33. The highest BCUT2D eigenvalue weighted by atomic mass is 16.3. The van der Waals surface area contributed by atoms with Crippen molar-refractivity contribution in [3.63, 3.8) is 0 Å². The third-order valence-electron chi connectivity index (χ3n) is 3.56. The number of aryl methyl sites for hydroxylation is 1. The number of nitrogens with zero attached hydrogens (tertiary/aromatic N) is 1. The largest absolute Gasteiger partial charge is 0.394 e. The van der Waals surface area contributed by atoms with Crippen LogP contribution in [0.4, 0.5) is 5.69 Å². The van der Waals surface area contributed by atoms with Gasteiger partial charge in [0.2, 0.25) is 0 Å². The maximum Gasteiger partial charge on any atom is 0.0625 e. The predicted molar refractivity (Wildman–Crippen MR) is 71.2 cm³/mol. The van der Waals surface area contributed by atoms with E-state index in [9.17, 15) is 5.11 Å². The van der Waals surface area contributed by atoms with Gasteiger partial charge in [-0.25, -0.2) is 0 Å². The molecule has 3 nitrogen and oxygen atoms in total. The number of aliphatic hydroxyl groups excluding tert-OH is 1. The minimum absolute atomic E-state index is 0.0123. The van der Waals surface area contributed by atoms with Crippen molar-refractivity contribution in [2.45, 2.75) is 38.3 Å². The third kappa shape index (κ3) is 2.61. The number of anilines is 1. The standard InChI is InChI=1S/C14H22N2O/c1-11-7-8-12-5-3-4-6-13(12)16(11)9-14(2,15)10-17/h3-6,11,17H,7-10,15H2,1-2H3. The Labute approximate surface area is 103 Å². The first-order valence-corrected chi connectivity index (χ1v) is 6.28. The fourth-order valence-electron chi connectivity index (χ4n) is 2.44. The zero-order chi connectivity index (χ0) is 12.5. The van der Waals surface area contributed by atoms with E-state index in [1.165, 1.54) is 11.3 Å². The molecule has 2 unspecified atom stereocenters. The Bertz CT molecular complexity index is 390. The fourth-order valence-corrected chi connectivity index (χ4v) is 2.44. The van der Waals surface area contributed by atoms with E-state index in [-0.39, 0.29) is 6.61 Å². The number of para-hydroxylation sites is 1. The Morgan fingerprint density at radius 2 is 2.18 bits per heavy atom. The minimum atomic E-state index is -0.543. The molecule has 0 bridgehead atoms. The summed E-state index contributed by atoms with van der Waals surface area (Å²) in [5, 5.41) is 9.31. The van der Waals surface area contributed by atoms with Crippen molar-refractivity contribution in [1.29, 1.82) is 0 Å². The first-order chi connectivity index (χ1) is 8.03. The Kier molecular flexibility index (Phi) is 3.40. The van der Waals surface area contributed by atoms with Crippen molar-refractivity contribution in [2.75, 3.05) is 18.1 Å². The SMILES string of the molecule is CC1CCc2ccccc2N1CC(C)(N)CO. The highest BCUT2D eigenvalue weighted by Crippen LogP contribution is 2.31. The molecule has 0 amide bonds. The molecule has 0 spiro atoms. The van der Waals surface area contributed by atoms with Crippen molar-refractivity contribution < 1.29 is 5.11 Å². The van der Waals surface area contributed by atoms with Gasteiger partial charge in [-0.15, -0.1) is 0 Å². The molecular formula is C14H22N2O. The van der Waals surface area contributed by atoms with Crippen LogP contribution in [0.3, 0.4) is 0 Å². The zero-order valence-corrected chi connectivity index (χ0v) is 10.7. The van der Waals surface area contributed by atoms with Crippen LogP contribution in [-0.2, 0) is 6.42 Å². The molecule has 2 rings (SSSR count). The van der Waals surface area contributed by atoms with Crippen molar-refractivity contribution >= 4 is 5.69 Å². The van der Waals surface area contributed by atoms with Gasteiger partial charge in [0.1, 0.15) is 0 Å². The van der Waals surface area contributed by atoms with Gasteiger partial charge in [-0.3, -0.25) is 0 Å². The summed E-state index contributed by atoms with van der Waals surface area (Å²) in [4.78, 5) is 2.33. The van der Waals surface area contributed by atoms with E-state index in [4.69, 9.17) is 5.73 Å². The van der Waals surface area contributed by atoms with Gasteiger partial charge in [0.15, 0.2) is 0 Å². The summed E-state index contributed by atoms with van der Waals surface area (Å²) in [5.41, 5.74) is 8.19. The van der Waals surface area contributed by atoms with E-state index in [2.05, 4.69) is 36.1 Å². The van der Waals surface area contributed by atoms with Crippen LogP contribution in [-0.4, -0.2) is 29.8 Å². The Hall–Kier alpha value is -1.06. The van der Waals surface area contributed by atoms with Gasteiger partial charge < -0.3 is 15.7 Å². The lowest BCUT2D eigenvalue weighted by Gasteiger charge is -2.41. The third-order valence-corrected chi connectivity index (χ3v) is 3.56. The van der Waals surface area contributed by atoms with Gasteiger partial charge >= 0.3 is 0 Å². The molecule has 1 aliphatic rings. The lowest BCUT2D eigenvalue weighted by molar-refractivity contribution is 0.208. The number of nitrogens with two attached hydrogens (primary N) is 1. The molecule has 1 aliphatic heterocycles. The van der Waals surface area contributed by atoms with E-state index in [1.54, 1.807) is 0 Å². The molecule has 3 N–H and O–H groups in total. The number of rotatable bonds is 3. The maximum atomic E-state index is 9.31. The molecule has 1 aromatic rings. The van der Waals surface area contributed by atoms with E-state index in [0.29, 0.717) is 12.6 Å². The highest BCUT2D eigenvalue weighted by Gasteiger charge is 2.28.